The van der Waals surface area contributed by atoms with Gasteiger partial charge in [-0.1, -0.05) is 6.07 Å². The minimum absolute atomic E-state index is 0.154. The van der Waals surface area contributed by atoms with Gasteiger partial charge >= 0.3 is 6.18 Å². The number of alkyl halides is 3. The number of carbonyl (C=O) groups is 1. The number of pyridine rings is 2. The Bertz CT molecular complexity index is 1340. The second kappa shape index (κ2) is 8.65. The number of halogens is 3. The number of aromatic nitrogens is 4. The van der Waals surface area contributed by atoms with Crippen molar-refractivity contribution in [2.45, 2.75) is 13.1 Å². The molecule has 0 aliphatic carbocycles. The van der Waals surface area contributed by atoms with E-state index in [2.05, 4.69) is 25.3 Å². The van der Waals surface area contributed by atoms with Crippen LogP contribution in [0.2, 0.25) is 0 Å². The molecular weight excluding hydrogens is 433 g/mol. The summed E-state index contributed by atoms with van der Waals surface area (Å²) >= 11 is 0. The van der Waals surface area contributed by atoms with Crippen LogP contribution in [0.1, 0.15) is 21.6 Å². The minimum Gasteiger partial charge on any atom is -0.384 e. The Balaban J connectivity index is 1.63. The van der Waals surface area contributed by atoms with Crippen molar-refractivity contribution < 1.29 is 18.0 Å². The molecule has 0 radical (unpaired) electrons. The zero-order valence-electron chi connectivity index (χ0n) is 17.3. The number of nitrogens with two attached hydrogens (primary N) is 1. The molecule has 0 spiro atoms. The zero-order chi connectivity index (χ0) is 23.6. The van der Waals surface area contributed by atoms with Gasteiger partial charge in [0.15, 0.2) is 5.82 Å². The maximum Gasteiger partial charge on any atom is 0.433 e. The summed E-state index contributed by atoms with van der Waals surface area (Å²) in [6.07, 6.45) is -0.524. The second-order valence-corrected chi connectivity index (χ2v) is 7.15. The van der Waals surface area contributed by atoms with Crippen LogP contribution >= 0.6 is 0 Å². The summed E-state index contributed by atoms with van der Waals surface area (Å²) in [6, 6.07) is 12.2. The summed E-state index contributed by atoms with van der Waals surface area (Å²) in [5, 5.41) is 2.63. The van der Waals surface area contributed by atoms with Crippen LogP contribution in [-0.2, 0) is 6.18 Å². The number of aryl methyl sites for hydroxylation is 1. The van der Waals surface area contributed by atoms with Gasteiger partial charge in [0.2, 0.25) is 0 Å². The van der Waals surface area contributed by atoms with Gasteiger partial charge in [0.25, 0.3) is 5.91 Å². The first kappa shape index (κ1) is 21.9. The molecule has 3 aromatic heterocycles. The fourth-order valence-corrected chi connectivity index (χ4v) is 3.14. The minimum atomic E-state index is -4.64. The molecule has 10 heteroatoms. The Morgan fingerprint density at radius 3 is 2.45 bits per heavy atom. The van der Waals surface area contributed by atoms with Gasteiger partial charge < -0.3 is 11.1 Å². The third kappa shape index (κ3) is 4.95. The summed E-state index contributed by atoms with van der Waals surface area (Å²) in [4.78, 5) is 28.7. The van der Waals surface area contributed by atoms with Crippen LogP contribution in [-0.4, -0.2) is 25.8 Å². The Labute approximate surface area is 186 Å². The molecule has 0 aliphatic heterocycles. The van der Waals surface area contributed by atoms with Crippen molar-refractivity contribution in [3.05, 3.63) is 83.9 Å². The highest BCUT2D eigenvalue weighted by atomic mass is 19.4. The van der Waals surface area contributed by atoms with Crippen molar-refractivity contribution in [3.8, 4) is 22.6 Å². The molecule has 0 saturated carbocycles. The number of nitrogens with one attached hydrogen (secondary N) is 1. The van der Waals surface area contributed by atoms with Crippen LogP contribution in [0.3, 0.4) is 0 Å². The monoisotopic (exact) mass is 450 g/mol. The Hall–Kier alpha value is -4.34. The molecule has 0 aliphatic rings. The first-order chi connectivity index (χ1) is 15.7. The van der Waals surface area contributed by atoms with Crippen LogP contribution < -0.4 is 11.1 Å². The highest BCUT2D eigenvalue weighted by molar-refractivity contribution is 6.04. The molecule has 7 nitrogen and oxygen atoms in total. The zero-order valence-corrected chi connectivity index (χ0v) is 17.3. The van der Waals surface area contributed by atoms with Gasteiger partial charge in [-0.15, -0.1) is 0 Å². The molecule has 4 rings (SSSR count). The molecule has 3 N–H and O–H groups in total. The number of carbonyl (C=O) groups excluding carboxylic acids is 1. The highest BCUT2D eigenvalue weighted by Gasteiger charge is 2.33. The van der Waals surface area contributed by atoms with Gasteiger partial charge in [-0.2, -0.15) is 13.2 Å². The smallest absolute Gasteiger partial charge is 0.384 e. The van der Waals surface area contributed by atoms with Crippen LogP contribution in [0.4, 0.5) is 24.7 Å². The van der Waals surface area contributed by atoms with E-state index in [9.17, 15) is 18.0 Å². The van der Waals surface area contributed by atoms with E-state index >= 15 is 0 Å². The molecule has 1 amide bonds. The van der Waals surface area contributed by atoms with Crippen LogP contribution in [0.25, 0.3) is 22.6 Å². The second-order valence-electron chi connectivity index (χ2n) is 7.15. The molecule has 0 saturated heterocycles. The van der Waals surface area contributed by atoms with Crippen LogP contribution in [0.5, 0.6) is 0 Å². The summed E-state index contributed by atoms with van der Waals surface area (Å²) < 4.78 is 38.7. The molecule has 166 valence electrons. The van der Waals surface area contributed by atoms with Gasteiger partial charge in [-0.05, 0) is 55.0 Å². The third-order valence-corrected chi connectivity index (χ3v) is 4.78. The number of hydrogen-bond acceptors (Lipinski definition) is 6. The number of nitrogens with zero attached hydrogens (tertiary/aromatic N) is 4. The quantitative estimate of drug-likeness (QED) is 0.464. The van der Waals surface area contributed by atoms with Gasteiger partial charge in [-0.3, -0.25) is 9.78 Å². The molecular formula is C23H17F3N6O. The lowest BCUT2D eigenvalue weighted by Crippen LogP contribution is -2.15. The normalized spacial score (nSPS) is 11.3. The van der Waals surface area contributed by atoms with Crippen LogP contribution in [0, 0.1) is 6.92 Å². The molecule has 0 unspecified atom stereocenters. The molecule has 0 atom stereocenters. The van der Waals surface area contributed by atoms with E-state index in [-0.39, 0.29) is 5.56 Å². The average molecular weight is 450 g/mol. The van der Waals surface area contributed by atoms with E-state index in [4.69, 9.17) is 5.73 Å². The van der Waals surface area contributed by atoms with Crippen LogP contribution in [0.15, 0.2) is 67.1 Å². The van der Waals surface area contributed by atoms with E-state index < -0.39 is 17.8 Å². The SMILES string of the molecule is Cc1ccc(NC(=O)c2ccnc(C(F)(F)F)c2)cc1-c1ccnc(-c2ccnc(N)c2)n1. The largest absolute Gasteiger partial charge is 0.433 e. The number of nitrogen functional groups attached to an aromatic ring is 1. The fraction of sp³-hybridized carbons (Fsp3) is 0.0870. The summed E-state index contributed by atoms with van der Waals surface area (Å²) in [6.45, 7) is 1.88. The third-order valence-electron chi connectivity index (χ3n) is 4.78. The van der Waals surface area contributed by atoms with Crippen molar-refractivity contribution in [1.82, 2.24) is 19.9 Å². The van der Waals surface area contributed by atoms with Gasteiger partial charge in [0.05, 0.1) is 5.69 Å². The summed E-state index contributed by atoms with van der Waals surface area (Å²) in [7, 11) is 0. The fourth-order valence-electron chi connectivity index (χ4n) is 3.14. The van der Waals surface area contributed by atoms with Crippen molar-refractivity contribution in [2.24, 2.45) is 0 Å². The standard InChI is InChI=1S/C23H17F3N6O/c1-13-2-3-16(31-22(33)15-5-7-28-19(10-15)23(24,25)26)12-17(13)18-6-9-30-21(32-18)14-4-8-29-20(27)11-14/h2-12H,1H3,(H2,27,29)(H,31,33). The van der Waals surface area contributed by atoms with E-state index in [1.165, 1.54) is 6.07 Å². The number of anilines is 2. The summed E-state index contributed by atoms with van der Waals surface area (Å²) in [5.41, 5.74) is 7.77. The lowest BCUT2D eigenvalue weighted by atomic mass is 10.0. The Morgan fingerprint density at radius 1 is 0.939 bits per heavy atom. The van der Waals surface area contributed by atoms with Crippen molar-refractivity contribution in [2.75, 3.05) is 11.1 Å². The average Bonchev–Trinajstić information content (AvgIpc) is 2.80. The molecule has 3 heterocycles. The number of hydrogen-bond donors (Lipinski definition) is 2. The predicted octanol–water partition coefficient (Wildman–Crippen LogP) is 4.76. The Morgan fingerprint density at radius 2 is 1.70 bits per heavy atom. The lowest BCUT2D eigenvalue weighted by Gasteiger charge is -2.12. The topological polar surface area (TPSA) is 107 Å². The number of amides is 1. The maximum atomic E-state index is 12.9. The number of benzene rings is 1. The molecule has 33 heavy (non-hydrogen) atoms. The van der Waals surface area contributed by atoms with Gasteiger partial charge in [-0.25, -0.2) is 15.0 Å². The van der Waals surface area contributed by atoms with Crippen molar-refractivity contribution in [1.29, 1.82) is 0 Å². The van der Waals surface area contributed by atoms with E-state index in [1.807, 2.05) is 6.92 Å². The van der Waals surface area contributed by atoms with Crippen molar-refractivity contribution in [3.63, 3.8) is 0 Å². The van der Waals surface area contributed by atoms with Gasteiger partial charge in [0.1, 0.15) is 11.5 Å². The first-order valence-corrected chi connectivity index (χ1v) is 9.71. The molecule has 4 aromatic rings. The number of rotatable bonds is 4. The highest BCUT2D eigenvalue weighted by Crippen LogP contribution is 2.29. The molecule has 0 bridgehead atoms. The van der Waals surface area contributed by atoms with Crippen molar-refractivity contribution >= 4 is 17.4 Å². The maximum absolute atomic E-state index is 12.9. The van der Waals surface area contributed by atoms with E-state index in [0.717, 1.165) is 17.3 Å². The van der Waals surface area contributed by atoms with Gasteiger partial charge in [0, 0.05) is 41.0 Å². The summed E-state index contributed by atoms with van der Waals surface area (Å²) in [5.74, 6) is 0.104. The van der Waals surface area contributed by atoms with E-state index in [0.29, 0.717) is 34.7 Å². The molecule has 0 fully saturated rings. The molecule has 1 aromatic carbocycles. The van der Waals surface area contributed by atoms with E-state index in [1.54, 1.807) is 48.8 Å². The first-order valence-electron chi connectivity index (χ1n) is 9.71. The predicted molar refractivity (Wildman–Crippen MR) is 117 cm³/mol. The lowest BCUT2D eigenvalue weighted by molar-refractivity contribution is -0.141. The Kier molecular flexibility index (Phi) is 5.74.